The minimum Gasteiger partial charge on any atom is -0.434 e. The molecule has 0 bridgehead atoms. The van der Waals surface area contributed by atoms with Crippen LogP contribution in [0, 0.1) is 17.0 Å². The fraction of sp³-hybridized carbons (Fsp3) is 0.235. The minimum atomic E-state index is -0.540. The number of aromatic nitrogens is 4. The maximum atomic E-state index is 11.5. The Morgan fingerprint density at radius 1 is 1.27 bits per heavy atom. The van der Waals surface area contributed by atoms with Gasteiger partial charge >= 0.3 is 11.6 Å². The SMILES string of the molecule is Cc1ccc(Oc2ncnc(NCCCn3ccnc3)c2[N+](=O)[O-])cc1. The van der Waals surface area contributed by atoms with E-state index in [1.807, 2.05) is 29.8 Å². The summed E-state index contributed by atoms with van der Waals surface area (Å²) in [7, 11) is 0. The molecule has 0 saturated heterocycles. The second-order valence-electron chi connectivity index (χ2n) is 5.63. The summed E-state index contributed by atoms with van der Waals surface area (Å²) in [4.78, 5) is 22.8. The molecule has 0 atom stereocenters. The van der Waals surface area contributed by atoms with Crippen molar-refractivity contribution in [3.8, 4) is 11.6 Å². The van der Waals surface area contributed by atoms with Gasteiger partial charge in [0.05, 0.1) is 11.3 Å². The molecule has 0 amide bonds. The van der Waals surface area contributed by atoms with Crippen LogP contribution in [0.5, 0.6) is 11.6 Å². The molecular formula is C17H18N6O3. The number of nitrogens with zero attached hydrogens (tertiary/aromatic N) is 5. The molecule has 9 nitrogen and oxygen atoms in total. The first-order valence-electron chi connectivity index (χ1n) is 8.07. The lowest BCUT2D eigenvalue weighted by Crippen LogP contribution is -2.10. The normalized spacial score (nSPS) is 10.5. The smallest absolute Gasteiger partial charge is 0.373 e. The van der Waals surface area contributed by atoms with Crippen LogP contribution in [0.25, 0.3) is 0 Å². The predicted octanol–water partition coefficient (Wildman–Crippen LogP) is 3.18. The van der Waals surface area contributed by atoms with Gasteiger partial charge in [-0.25, -0.2) is 9.97 Å². The van der Waals surface area contributed by atoms with Crippen LogP contribution in [-0.4, -0.2) is 31.0 Å². The third-order valence-electron chi connectivity index (χ3n) is 3.65. The number of nitro groups is 1. The molecule has 0 aliphatic carbocycles. The van der Waals surface area contributed by atoms with E-state index in [4.69, 9.17) is 4.74 Å². The number of anilines is 1. The Labute approximate surface area is 149 Å². The van der Waals surface area contributed by atoms with Gasteiger partial charge in [-0.05, 0) is 25.5 Å². The Morgan fingerprint density at radius 3 is 2.77 bits per heavy atom. The molecule has 2 heterocycles. The molecule has 0 saturated carbocycles. The summed E-state index contributed by atoms with van der Waals surface area (Å²) < 4.78 is 7.52. The zero-order chi connectivity index (χ0) is 18.4. The molecule has 0 spiro atoms. The molecule has 0 aliphatic rings. The van der Waals surface area contributed by atoms with E-state index in [2.05, 4.69) is 20.3 Å². The molecule has 0 aliphatic heterocycles. The highest BCUT2D eigenvalue weighted by Crippen LogP contribution is 2.33. The van der Waals surface area contributed by atoms with Crippen molar-refractivity contribution < 1.29 is 9.66 Å². The highest BCUT2D eigenvalue weighted by Gasteiger charge is 2.24. The fourth-order valence-electron chi connectivity index (χ4n) is 2.34. The molecule has 9 heteroatoms. The van der Waals surface area contributed by atoms with Gasteiger partial charge in [0.15, 0.2) is 0 Å². The molecule has 3 rings (SSSR count). The molecular weight excluding hydrogens is 336 g/mol. The van der Waals surface area contributed by atoms with Crippen molar-refractivity contribution in [2.45, 2.75) is 19.9 Å². The van der Waals surface area contributed by atoms with Crippen LogP contribution in [-0.2, 0) is 6.54 Å². The Bertz CT molecular complexity index is 865. The monoisotopic (exact) mass is 354 g/mol. The maximum absolute atomic E-state index is 11.5. The Kier molecular flexibility index (Phi) is 5.37. The zero-order valence-corrected chi connectivity index (χ0v) is 14.2. The minimum absolute atomic E-state index is 0.0917. The lowest BCUT2D eigenvalue weighted by Gasteiger charge is -2.09. The van der Waals surface area contributed by atoms with Crippen molar-refractivity contribution in [2.24, 2.45) is 0 Å². The largest absolute Gasteiger partial charge is 0.434 e. The molecule has 1 aromatic carbocycles. The van der Waals surface area contributed by atoms with E-state index < -0.39 is 4.92 Å². The van der Waals surface area contributed by atoms with Crippen LogP contribution in [0.2, 0.25) is 0 Å². The van der Waals surface area contributed by atoms with Gasteiger partial charge in [0.1, 0.15) is 12.1 Å². The number of benzene rings is 1. The van der Waals surface area contributed by atoms with Crippen LogP contribution >= 0.6 is 0 Å². The highest BCUT2D eigenvalue weighted by atomic mass is 16.6. The molecule has 26 heavy (non-hydrogen) atoms. The van der Waals surface area contributed by atoms with Gasteiger partial charge in [-0.3, -0.25) is 10.1 Å². The number of imidazole rings is 1. The van der Waals surface area contributed by atoms with Crippen molar-refractivity contribution in [2.75, 3.05) is 11.9 Å². The zero-order valence-electron chi connectivity index (χ0n) is 14.2. The van der Waals surface area contributed by atoms with Crippen molar-refractivity contribution in [1.82, 2.24) is 19.5 Å². The first-order chi connectivity index (χ1) is 12.6. The van der Waals surface area contributed by atoms with Gasteiger partial charge in [0.2, 0.25) is 5.82 Å². The highest BCUT2D eigenvalue weighted by molar-refractivity contribution is 5.61. The average Bonchev–Trinajstić information content (AvgIpc) is 3.14. The van der Waals surface area contributed by atoms with Gasteiger partial charge in [-0.15, -0.1) is 0 Å². The summed E-state index contributed by atoms with van der Waals surface area (Å²) in [6.45, 7) is 3.21. The van der Waals surface area contributed by atoms with Crippen molar-refractivity contribution in [3.05, 3.63) is 65.0 Å². The second kappa shape index (κ2) is 8.06. The van der Waals surface area contributed by atoms with Crippen molar-refractivity contribution in [1.29, 1.82) is 0 Å². The number of hydrogen-bond donors (Lipinski definition) is 1. The molecule has 0 fully saturated rings. The fourth-order valence-corrected chi connectivity index (χ4v) is 2.34. The van der Waals surface area contributed by atoms with Gasteiger partial charge in [0.25, 0.3) is 0 Å². The van der Waals surface area contributed by atoms with Gasteiger partial charge < -0.3 is 14.6 Å². The summed E-state index contributed by atoms with van der Waals surface area (Å²) >= 11 is 0. The van der Waals surface area contributed by atoms with Gasteiger partial charge in [-0.2, -0.15) is 4.98 Å². The summed E-state index contributed by atoms with van der Waals surface area (Å²) in [5.41, 5.74) is 0.783. The molecule has 3 aromatic rings. The van der Waals surface area contributed by atoms with Crippen LogP contribution in [0.4, 0.5) is 11.5 Å². The third-order valence-corrected chi connectivity index (χ3v) is 3.65. The van der Waals surface area contributed by atoms with E-state index in [-0.39, 0.29) is 17.4 Å². The van der Waals surface area contributed by atoms with Crippen LogP contribution in [0.15, 0.2) is 49.3 Å². The van der Waals surface area contributed by atoms with E-state index in [0.29, 0.717) is 12.3 Å². The number of ether oxygens (including phenoxy) is 1. The van der Waals surface area contributed by atoms with Crippen LogP contribution in [0.3, 0.4) is 0 Å². The molecule has 0 radical (unpaired) electrons. The van der Waals surface area contributed by atoms with Gasteiger partial charge in [0, 0.05) is 25.5 Å². The molecule has 2 aromatic heterocycles. The second-order valence-corrected chi connectivity index (χ2v) is 5.63. The predicted molar refractivity (Wildman–Crippen MR) is 95.3 cm³/mol. The third kappa shape index (κ3) is 4.32. The lowest BCUT2D eigenvalue weighted by molar-refractivity contribution is -0.385. The Balaban J connectivity index is 1.70. The van der Waals surface area contributed by atoms with Crippen molar-refractivity contribution >= 4 is 11.5 Å². The topological polar surface area (TPSA) is 108 Å². The van der Waals surface area contributed by atoms with E-state index in [1.165, 1.54) is 6.33 Å². The number of nitrogens with one attached hydrogen (secondary N) is 1. The van der Waals surface area contributed by atoms with E-state index >= 15 is 0 Å². The summed E-state index contributed by atoms with van der Waals surface area (Å²) in [6.07, 6.45) is 7.29. The maximum Gasteiger partial charge on any atom is 0.373 e. The number of aryl methyl sites for hydroxylation is 2. The number of rotatable bonds is 8. The molecule has 134 valence electrons. The van der Waals surface area contributed by atoms with E-state index in [0.717, 1.165) is 18.5 Å². The summed E-state index contributed by atoms with van der Waals surface area (Å²) in [5.74, 6) is 0.521. The van der Waals surface area contributed by atoms with Crippen LogP contribution in [0.1, 0.15) is 12.0 Å². The van der Waals surface area contributed by atoms with E-state index in [1.54, 1.807) is 24.7 Å². The van der Waals surface area contributed by atoms with Gasteiger partial charge in [-0.1, -0.05) is 17.7 Å². The summed E-state index contributed by atoms with van der Waals surface area (Å²) in [5, 5.41) is 14.5. The number of hydrogen-bond acceptors (Lipinski definition) is 7. The summed E-state index contributed by atoms with van der Waals surface area (Å²) in [6, 6.07) is 7.19. The Hall–Kier alpha value is -3.49. The Morgan fingerprint density at radius 2 is 2.08 bits per heavy atom. The first-order valence-corrected chi connectivity index (χ1v) is 8.07. The van der Waals surface area contributed by atoms with Crippen LogP contribution < -0.4 is 10.1 Å². The molecule has 1 N–H and O–H groups in total. The van der Waals surface area contributed by atoms with Crippen molar-refractivity contribution in [3.63, 3.8) is 0 Å². The lowest BCUT2D eigenvalue weighted by atomic mass is 10.2. The van der Waals surface area contributed by atoms with E-state index in [9.17, 15) is 10.1 Å². The quantitative estimate of drug-likeness (QED) is 0.376. The molecule has 0 unspecified atom stereocenters. The first kappa shape index (κ1) is 17.3. The average molecular weight is 354 g/mol. The standard InChI is InChI=1S/C17H18N6O3/c1-13-3-5-14(6-4-13)26-17-15(23(24)25)16(20-11-21-17)19-7-2-9-22-10-8-18-12-22/h3-6,8,10-12H,2,7,9H2,1H3,(H,19,20,21).